The van der Waals surface area contributed by atoms with Gasteiger partial charge in [-0.1, -0.05) is 29.8 Å². The Bertz CT molecular complexity index is 419. The summed E-state index contributed by atoms with van der Waals surface area (Å²) >= 11 is 3.70. The van der Waals surface area contributed by atoms with Crippen LogP contribution in [0.25, 0.3) is 0 Å². The third-order valence-electron chi connectivity index (χ3n) is 3.79. The number of nitrogens with one attached hydrogen (secondary N) is 1. The predicted molar refractivity (Wildman–Crippen MR) is 79.2 cm³/mol. The highest BCUT2D eigenvalue weighted by molar-refractivity contribution is 9.10. The van der Waals surface area contributed by atoms with Gasteiger partial charge in [0.05, 0.1) is 7.11 Å². The number of halogens is 1. The van der Waals surface area contributed by atoms with Crippen LogP contribution in [0, 0.1) is 5.92 Å². The molecule has 1 aromatic rings. The zero-order chi connectivity index (χ0) is 13.1. The molecule has 1 aliphatic carbocycles. The summed E-state index contributed by atoms with van der Waals surface area (Å²) < 4.78 is 6.59. The van der Waals surface area contributed by atoms with E-state index in [9.17, 15) is 0 Å². The summed E-state index contributed by atoms with van der Waals surface area (Å²) in [5.41, 5.74) is 2.86. The first-order valence-corrected chi connectivity index (χ1v) is 7.54. The molecule has 2 unspecified atom stereocenters. The van der Waals surface area contributed by atoms with Gasteiger partial charge in [-0.15, -0.1) is 0 Å². The predicted octanol–water partition coefficient (Wildman–Crippen LogP) is 4.08. The van der Waals surface area contributed by atoms with Gasteiger partial charge in [0.25, 0.3) is 0 Å². The van der Waals surface area contributed by atoms with Crippen LogP contribution in [0.15, 0.2) is 16.6 Å². The van der Waals surface area contributed by atoms with E-state index in [1.165, 1.54) is 28.4 Å². The van der Waals surface area contributed by atoms with Crippen molar-refractivity contribution in [3.05, 3.63) is 27.7 Å². The fraction of sp³-hybridized carbons (Fsp3) is 0.600. The highest BCUT2D eigenvalue weighted by atomic mass is 79.9. The Hall–Kier alpha value is -0.540. The fourth-order valence-electron chi connectivity index (χ4n) is 2.80. The van der Waals surface area contributed by atoms with Gasteiger partial charge in [0, 0.05) is 10.5 Å². The Morgan fingerprint density at radius 2 is 2.22 bits per heavy atom. The van der Waals surface area contributed by atoms with Crippen molar-refractivity contribution in [1.29, 1.82) is 0 Å². The summed E-state index contributed by atoms with van der Waals surface area (Å²) in [6.45, 7) is 5.53. The number of rotatable bonds is 3. The average molecular weight is 312 g/mol. The molecule has 1 aromatic carbocycles. The Labute approximate surface area is 118 Å². The molecule has 2 rings (SSSR count). The molecule has 1 N–H and O–H groups in total. The molecule has 100 valence electrons. The lowest BCUT2D eigenvalue weighted by Gasteiger charge is -2.21. The van der Waals surface area contributed by atoms with E-state index in [0.717, 1.165) is 24.6 Å². The largest absolute Gasteiger partial charge is 0.497 e. The number of methoxy groups -OCH3 is 1. The molecule has 0 aliphatic heterocycles. The molecule has 0 saturated carbocycles. The summed E-state index contributed by atoms with van der Waals surface area (Å²) in [5, 5.41) is 3.61. The summed E-state index contributed by atoms with van der Waals surface area (Å²) in [6, 6.07) is 4.73. The van der Waals surface area contributed by atoms with Crippen molar-refractivity contribution < 1.29 is 4.74 Å². The summed E-state index contributed by atoms with van der Waals surface area (Å²) in [4.78, 5) is 0. The minimum atomic E-state index is 0.453. The Kier molecular flexibility index (Phi) is 4.68. The van der Waals surface area contributed by atoms with Gasteiger partial charge in [0.15, 0.2) is 0 Å². The smallest absolute Gasteiger partial charge is 0.120 e. The van der Waals surface area contributed by atoms with Crippen LogP contribution in [0.1, 0.15) is 43.9 Å². The highest BCUT2D eigenvalue weighted by Crippen LogP contribution is 2.38. The van der Waals surface area contributed by atoms with E-state index in [-0.39, 0.29) is 0 Å². The maximum Gasteiger partial charge on any atom is 0.120 e. The van der Waals surface area contributed by atoms with E-state index in [0.29, 0.717) is 6.04 Å². The second-order valence-corrected chi connectivity index (χ2v) is 6.02. The molecule has 0 saturated heterocycles. The molecule has 0 bridgehead atoms. The summed E-state index contributed by atoms with van der Waals surface area (Å²) in [7, 11) is 1.73. The fourth-order valence-corrected chi connectivity index (χ4v) is 3.45. The van der Waals surface area contributed by atoms with Crippen molar-refractivity contribution in [2.45, 2.75) is 39.2 Å². The molecule has 3 heteroatoms. The van der Waals surface area contributed by atoms with Gasteiger partial charge in [0.1, 0.15) is 5.75 Å². The van der Waals surface area contributed by atoms with Crippen LogP contribution in [0.4, 0.5) is 0 Å². The molecule has 0 fully saturated rings. The second kappa shape index (κ2) is 6.07. The van der Waals surface area contributed by atoms with Gasteiger partial charge in [-0.25, -0.2) is 0 Å². The van der Waals surface area contributed by atoms with E-state index < -0.39 is 0 Å². The summed E-state index contributed by atoms with van der Waals surface area (Å²) in [5.74, 6) is 1.71. The molecule has 1 aliphatic rings. The molecule has 2 atom stereocenters. The van der Waals surface area contributed by atoms with E-state index in [1.807, 2.05) is 0 Å². The van der Waals surface area contributed by atoms with E-state index in [1.54, 1.807) is 7.11 Å². The molecule has 0 spiro atoms. The minimum absolute atomic E-state index is 0.453. The second-order valence-electron chi connectivity index (χ2n) is 5.17. The molecule has 0 amide bonds. The zero-order valence-corrected chi connectivity index (χ0v) is 13.0. The normalized spacial score (nSPS) is 23.3. The molecular weight excluding hydrogens is 290 g/mol. The van der Waals surface area contributed by atoms with Gasteiger partial charge in [-0.05, 0) is 55.0 Å². The Morgan fingerprint density at radius 3 is 2.89 bits per heavy atom. The summed E-state index contributed by atoms with van der Waals surface area (Å²) in [6.07, 6.45) is 3.63. The molecule has 0 heterocycles. The van der Waals surface area contributed by atoms with Crippen LogP contribution < -0.4 is 10.1 Å². The van der Waals surface area contributed by atoms with Crippen molar-refractivity contribution >= 4 is 15.9 Å². The Balaban J connectivity index is 2.44. The number of ether oxygens (including phenoxy) is 1. The SMILES string of the molecule is CCNC1CC(C)CCc2c(Br)cc(OC)cc21. The minimum Gasteiger partial charge on any atom is -0.497 e. The van der Waals surface area contributed by atoms with E-state index in [2.05, 4.69) is 47.2 Å². The highest BCUT2D eigenvalue weighted by Gasteiger charge is 2.24. The monoisotopic (exact) mass is 311 g/mol. The standard InChI is InChI=1S/C15H22BrNO/c1-4-17-15-7-10(2)5-6-12-13(15)8-11(18-3)9-14(12)16/h8-10,15,17H,4-7H2,1-3H3. The van der Waals surface area contributed by atoms with Gasteiger partial charge in [-0.3, -0.25) is 0 Å². The first kappa shape index (κ1) is 13.9. The lowest BCUT2D eigenvalue weighted by atomic mass is 9.97. The van der Waals surface area contributed by atoms with Gasteiger partial charge < -0.3 is 10.1 Å². The number of hydrogen-bond acceptors (Lipinski definition) is 2. The average Bonchev–Trinajstić information content (AvgIpc) is 2.50. The quantitative estimate of drug-likeness (QED) is 0.849. The van der Waals surface area contributed by atoms with Crippen LogP contribution in [0.3, 0.4) is 0 Å². The van der Waals surface area contributed by atoms with E-state index in [4.69, 9.17) is 4.74 Å². The number of hydrogen-bond donors (Lipinski definition) is 1. The third kappa shape index (κ3) is 2.89. The number of fused-ring (bicyclic) bond motifs is 1. The Morgan fingerprint density at radius 1 is 1.44 bits per heavy atom. The van der Waals surface area contributed by atoms with Gasteiger partial charge in [0.2, 0.25) is 0 Å². The first-order chi connectivity index (χ1) is 8.65. The van der Waals surface area contributed by atoms with Gasteiger partial charge >= 0.3 is 0 Å². The molecule has 18 heavy (non-hydrogen) atoms. The van der Waals surface area contributed by atoms with E-state index >= 15 is 0 Å². The molecule has 0 aromatic heterocycles. The molecule has 2 nitrogen and oxygen atoms in total. The van der Waals surface area contributed by atoms with Crippen LogP contribution in [0.2, 0.25) is 0 Å². The third-order valence-corrected chi connectivity index (χ3v) is 4.50. The van der Waals surface area contributed by atoms with Crippen molar-refractivity contribution in [3.8, 4) is 5.75 Å². The van der Waals surface area contributed by atoms with Gasteiger partial charge in [-0.2, -0.15) is 0 Å². The van der Waals surface area contributed by atoms with Crippen LogP contribution >= 0.6 is 15.9 Å². The van der Waals surface area contributed by atoms with Crippen molar-refractivity contribution in [2.75, 3.05) is 13.7 Å². The van der Waals surface area contributed by atoms with Crippen LogP contribution in [0.5, 0.6) is 5.75 Å². The topological polar surface area (TPSA) is 21.3 Å². The lowest BCUT2D eigenvalue weighted by Crippen LogP contribution is -2.22. The molecule has 0 radical (unpaired) electrons. The van der Waals surface area contributed by atoms with Crippen LogP contribution in [-0.4, -0.2) is 13.7 Å². The lowest BCUT2D eigenvalue weighted by molar-refractivity contribution is 0.404. The maximum absolute atomic E-state index is 5.40. The first-order valence-electron chi connectivity index (χ1n) is 6.75. The zero-order valence-electron chi connectivity index (χ0n) is 11.4. The van der Waals surface area contributed by atoms with Crippen molar-refractivity contribution in [1.82, 2.24) is 5.32 Å². The van der Waals surface area contributed by atoms with Crippen molar-refractivity contribution in [2.24, 2.45) is 5.92 Å². The van der Waals surface area contributed by atoms with Crippen LogP contribution in [-0.2, 0) is 6.42 Å². The maximum atomic E-state index is 5.40. The van der Waals surface area contributed by atoms with Crippen molar-refractivity contribution in [3.63, 3.8) is 0 Å². The molecular formula is C15H22BrNO. The number of benzene rings is 1.